The SMILES string of the molecule is CN(C)c1cccc(CN=C(N)N2CCN(c3ccc(F)cc3)CC2)c1.I. The van der Waals surface area contributed by atoms with E-state index in [4.69, 9.17) is 5.73 Å². The van der Waals surface area contributed by atoms with E-state index in [1.165, 1.54) is 12.1 Å². The van der Waals surface area contributed by atoms with Crippen LogP contribution in [0.2, 0.25) is 0 Å². The molecule has 0 amide bonds. The van der Waals surface area contributed by atoms with Crippen molar-refractivity contribution in [3.05, 3.63) is 59.9 Å². The van der Waals surface area contributed by atoms with Crippen LogP contribution in [0.1, 0.15) is 5.56 Å². The lowest BCUT2D eigenvalue weighted by Crippen LogP contribution is -2.51. The average Bonchev–Trinajstić information content (AvgIpc) is 2.67. The predicted molar refractivity (Wildman–Crippen MR) is 122 cm³/mol. The molecule has 1 aliphatic rings. The highest BCUT2D eigenvalue weighted by Crippen LogP contribution is 2.17. The molecule has 5 nitrogen and oxygen atoms in total. The van der Waals surface area contributed by atoms with Crippen molar-refractivity contribution in [1.82, 2.24) is 4.90 Å². The molecule has 2 aromatic rings. The van der Waals surface area contributed by atoms with Gasteiger partial charge in [0, 0.05) is 51.6 Å². The van der Waals surface area contributed by atoms with Crippen LogP contribution in [-0.4, -0.2) is 51.1 Å². The van der Waals surface area contributed by atoms with Crippen molar-refractivity contribution >= 4 is 41.3 Å². The van der Waals surface area contributed by atoms with Crippen LogP contribution in [0.3, 0.4) is 0 Å². The van der Waals surface area contributed by atoms with Crippen LogP contribution >= 0.6 is 24.0 Å². The van der Waals surface area contributed by atoms with Gasteiger partial charge in [-0.05, 0) is 42.0 Å². The number of rotatable bonds is 4. The summed E-state index contributed by atoms with van der Waals surface area (Å²) in [5, 5.41) is 0. The second-order valence-electron chi connectivity index (χ2n) is 6.69. The zero-order chi connectivity index (χ0) is 18.5. The molecule has 2 N–H and O–H groups in total. The van der Waals surface area contributed by atoms with Crippen LogP contribution in [0.25, 0.3) is 0 Å². The summed E-state index contributed by atoms with van der Waals surface area (Å²) in [4.78, 5) is 11.0. The van der Waals surface area contributed by atoms with Crippen LogP contribution < -0.4 is 15.5 Å². The first-order valence-electron chi connectivity index (χ1n) is 8.84. The Labute approximate surface area is 177 Å². The van der Waals surface area contributed by atoms with Crippen LogP contribution in [0.4, 0.5) is 15.8 Å². The molecule has 1 heterocycles. The van der Waals surface area contributed by atoms with E-state index in [2.05, 4.69) is 37.9 Å². The van der Waals surface area contributed by atoms with E-state index in [1.807, 2.05) is 32.3 Å². The van der Waals surface area contributed by atoms with Crippen LogP contribution in [0, 0.1) is 5.82 Å². The first-order chi connectivity index (χ1) is 12.5. The molecule has 1 aliphatic heterocycles. The molecule has 1 saturated heterocycles. The van der Waals surface area contributed by atoms with Gasteiger partial charge in [0.1, 0.15) is 5.82 Å². The van der Waals surface area contributed by atoms with Gasteiger partial charge in [-0.2, -0.15) is 0 Å². The third-order valence-electron chi connectivity index (χ3n) is 4.65. The molecular formula is C20H27FIN5. The van der Waals surface area contributed by atoms with Gasteiger partial charge in [0.05, 0.1) is 6.54 Å². The fraction of sp³-hybridized carbons (Fsp3) is 0.350. The topological polar surface area (TPSA) is 48.1 Å². The zero-order valence-electron chi connectivity index (χ0n) is 15.8. The van der Waals surface area contributed by atoms with E-state index in [-0.39, 0.29) is 29.8 Å². The minimum Gasteiger partial charge on any atom is -0.378 e. The quantitative estimate of drug-likeness (QED) is 0.413. The Morgan fingerprint density at radius 2 is 1.74 bits per heavy atom. The zero-order valence-corrected chi connectivity index (χ0v) is 18.1. The number of guanidine groups is 1. The number of hydrogen-bond acceptors (Lipinski definition) is 3. The van der Waals surface area contributed by atoms with Gasteiger partial charge in [0.2, 0.25) is 0 Å². The van der Waals surface area contributed by atoms with Gasteiger partial charge in [0.25, 0.3) is 0 Å². The van der Waals surface area contributed by atoms with Crippen LogP contribution in [0.5, 0.6) is 0 Å². The molecule has 0 atom stereocenters. The summed E-state index contributed by atoms with van der Waals surface area (Å²) < 4.78 is 13.1. The molecule has 27 heavy (non-hydrogen) atoms. The van der Waals surface area contributed by atoms with Gasteiger partial charge in [-0.3, -0.25) is 0 Å². The van der Waals surface area contributed by atoms with Crippen LogP contribution in [-0.2, 0) is 6.54 Å². The van der Waals surface area contributed by atoms with E-state index in [1.54, 1.807) is 0 Å². The van der Waals surface area contributed by atoms with Gasteiger partial charge in [-0.1, -0.05) is 12.1 Å². The summed E-state index contributed by atoms with van der Waals surface area (Å²) in [6.07, 6.45) is 0. The Hall–Kier alpha value is -2.03. The summed E-state index contributed by atoms with van der Waals surface area (Å²) in [7, 11) is 4.05. The normalized spacial score (nSPS) is 14.7. The summed E-state index contributed by atoms with van der Waals surface area (Å²) in [6.45, 7) is 3.89. The van der Waals surface area contributed by atoms with Crippen molar-refractivity contribution in [2.75, 3.05) is 50.1 Å². The third-order valence-corrected chi connectivity index (χ3v) is 4.65. The Morgan fingerprint density at radius 1 is 1.07 bits per heavy atom. The Balaban J connectivity index is 0.00000261. The maximum atomic E-state index is 13.1. The fourth-order valence-corrected chi connectivity index (χ4v) is 3.05. The van der Waals surface area contributed by atoms with E-state index >= 15 is 0 Å². The maximum absolute atomic E-state index is 13.1. The van der Waals surface area contributed by atoms with E-state index in [0.717, 1.165) is 43.1 Å². The van der Waals surface area contributed by atoms with Crippen molar-refractivity contribution in [2.45, 2.75) is 6.54 Å². The minimum absolute atomic E-state index is 0. The van der Waals surface area contributed by atoms with Crippen molar-refractivity contribution in [1.29, 1.82) is 0 Å². The molecule has 0 spiro atoms. The molecular weight excluding hydrogens is 456 g/mol. The predicted octanol–water partition coefficient (Wildman–Crippen LogP) is 3.15. The highest BCUT2D eigenvalue weighted by atomic mass is 127. The van der Waals surface area contributed by atoms with Crippen molar-refractivity contribution in [3.8, 4) is 0 Å². The summed E-state index contributed by atoms with van der Waals surface area (Å²) in [5.74, 6) is 0.376. The van der Waals surface area contributed by atoms with Crippen molar-refractivity contribution < 1.29 is 4.39 Å². The van der Waals surface area contributed by atoms with Gasteiger partial charge in [-0.25, -0.2) is 9.38 Å². The molecule has 1 fully saturated rings. The lowest BCUT2D eigenvalue weighted by atomic mass is 10.2. The van der Waals surface area contributed by atoms with E-state index < -0.39 is 0 Å². The first kappa shape index (κ1) is 21.3. The Bertz CT molecular complexity index is 755. The van der Waals surface area contributed by atoms with Gasteiger partial charge in [-0.15, -0.1) is 24.0 Å². The lowest BCUT2D eigenvalue weighted by molar-refractivity contribution is 0.380. The largest absolute Gasteiger partial charge is 0.378 e. The van der Waals surface area contributed by atoms with Gasteiger partial charge < -0.3 is 20.4 Å². The van der Waals surface area contributed by atoms with Crippen molar-refractivity contribution in [2.24, 2.45) is 10.7 Å². The number of nitrogens with zero attached hydrogens (tertiary/aromatic N) is 4. The average molecular weight is 483 g/mol. The molecule has 7 heteroatoms. The molecule has 3 rings (SSSR count). The molecule has 0 aliphatic carbocycles. The molecule has 0 radical (unpaired) electrons. The summed E-state index contributed by atoms with van der Waals surface area (Å²) in [6, 6.07) is 14.9. The maximum Gasteiger partial charge on any atom is 0.191 e. The van der Waals surface area contributed by atoms with E-state index in [0.29, 0.717) is 12.5 Å². The van der Waals surface area contributed by atoms with Gasteiger partial charge in [0.15, 0.2) is 5.96 Å². The molecule has 0 bridgehead atoms. The third kappa shape index (κ3) is 5.72. The molecule has 0 unspecified atom stereocenters. The highest BCUT2D eigenvalue weighted by Gasteiger charge is 2.18. The fourth-order valence-electron chi connectivity index (χ4n) is 3.05. The number of benzene rings is 2. The minimum atomic E-state index is -0.206. The second kappa shape index (κ2) is 9.77. The number of piperazine rings is 1. The summed E-state index contributed by atoms with van der Waals surface area (Å²) >= 11 is 0. The Morgan fingerprint density at radius 3 is 2.37 bits per heavy atom. The molecule has 0 aromatic heterocycles. The molecule has 2 aromatic carbocycles. The second-order valence-corrected chi connectivity index (χ2v) is 6.69. The number of halogens is 2. The van der Waals surface area contributed by atoms with Crippen LogP contribution in [0.15, 0.2) is 53.5 Å². The number of aliphatic imine (C=N–C) groups is 1. The lowest BCUT2D eigenvalue weighted by Gasteiger charge is -2.36. The smallest absolute Gasteiger partial charge is 0.191 e. The van der Waals surface area contributed by atoms with Crippen molar-refractivity contribution in [3.63, 3.8) is 0 Å². The highest BCUT2D eigenvalue weighted by molar-refractivity contribution is 14.0. The number of nitrogens with two attached hydrogens (primary N) is 1. The number of hydrogen-bond donors (Lipinski definition) is 1. The molecule has 146 valence electrons. The van der Waals surface area contributed by atoms with Gasteiger partial charge >= 0.3 is 0 Å². The summed E-state index contributed by atoms with van der Waals surface area (Å²) in [5.41, 5.74) is 9.54. The van der Waals surface area contributed by atoms with E-state index in [9.17, 15) is 4.39 Å². The first-order valence-corrected chi connectivity index (χ1v) is 8.84. The number of anilines is 2. The Kier molecular flexibility index (Phi) is 7.70. The monoisotopic (exact) mass is 483 g/mol. The molecule has 0 saturated carbocycles. The standard InChI is InChI=1S/C20H26FN5.HI/c1-24(2)19-5-3-4-16(14-19)15-23-20(22)26-12-10-25(11-13-26)18-8-6-17(21)7-9-18;/h3-9,14H,10-13,15H2,1-2H3,(H2,22,23);1H.